The van der Waals surface area contributed by atoms with Crippen molar-refractivity contribution in [1.29, 1.82) is 0 Å². The van der Waals surface area contributed by atoms with Gasteiger partial charge in [0.1, 0.15) is 5.82 Å². The second-order valence-electron chi connectivity index (χ2n) is 8.52. The predicted molar refractivity (Wildman–Crippen MR) is 128 cm³/mol. The highest BCUT2D eigenvalue weighted by molar-refractivity contribution is 7.09. The number of piperidine rings is 1. The van der Waals surface area contributed by atoms with Gasteiger partial charge < -0.3 is 9.47 Å². The Hall–Kier alpha value is -3.06. The van der Waals surface area contributed by atoms with E-state index >= 15 is 0 Å². The van der Waals surface area contributed by atoms with Crippen LogP contribution in [-0.4, -0.2) is 43.0 Å². The molecule has 0 aliphatic carbocycles. The van der Waals surface area contributed by atoms with Gasteiger partial charge in [0.2, 0.25) is 0 Å². The van der Waals surface area contributed by atoms with E-state index in [0.29, 0.717) is 12.2 Å². The second-order valence-corrected chi connectivity index (χ2v) is 9.27. The molecule has 1 unspecified atom stereocenters. The molecule has 1 atom stereocenters. The third-order valence-corrected chi connectivity index (χ3v) is 6.98. The van der Waals surface area contributed by atoms with Crippen molar-refractivity contribution in [2.45, 2.75) is 45.6 Å². The number of rotatable bonds is 5. The zero-order valence-electron chi connectivity index (χ0n) is 18.5. The highest BCUT2D eigenvalue weighted by Crippen LogP contribution is 2.32. The zero-order chi connectivity index (χ0) is 22.1. The first-order valence-corrected chi connectivity index (χ1v) is 12.1. The largest absolute Gasteiger partial charge is 0.336 e. The molecule has 0 spiro atoms. The van der Waals surface area contributed by atoms with E-state index in [2.05, 4.69) is 58.3 Å². The van der Waals surface area contributed by atoms with E-state index < -0.39 is 0 Å². The van der Waals surface area contributed by atoms with Crippen LogP contribution in [0.4, 0.5) is 0 Å². The zero-order valence-corrected chi connectivity index (χ0v) is 19.3. The number of aromatic nitrogens is 4. The van der Waals surface area contributed by atoms with Gasteiger partial charge in [-0.15, -0.1) is 5.10 Å². The topological polar surface area (TPSA) is 63.9 Å². The van der Waals surface area contributed by atoms with Gasteiger partial charge in [-0.25, -0.2) is 4.98 Å². The molecule has 2 aromatic heterocycles. The molecular weight excluding hydrogens is 418 g/mol. The molecule has 7 heteroatoms. The first kappa shape index (κ1) is 20.8. The van der Waals surface area contributed by atoms with Gasteiger partial charge in [-0.1, -0.05) is 53.4 Å². The first-order valence-electron chi connectivity index (χ1n) is 11.3. The number of hydrogen-bond donors (Lipinski definition) is 0. The fraction of sp³-hybridized carbons (Fsp3) is 0.360. The van der Waals surface area contributed by atoms with Gasteiger partial charge in [0.25, 0.3) is 5.91 Å². The van der Waals surface area contributed by atoms with Gasteiger partial charge in [-0.3, -0.25) is 4.79 Å². The number of amides is 1. The minimum absolute atomic E-state index is 0.0304. The van der Waals surface area contributed by atoms with Crippen LogP contribution >= 0.6 is 11.5 Å². The van der Waals surface area contributed by atoms with Crippen LogP contribution in [-0.2, 0) is 6.54 Å². The lowest BCUT2D eigenvalue weighted by atomic mass is 9.96. The van der Waals surface area contributed by atoms with E-state index in [4.69, 9.17) is 4.98 Å². The van der Waals surface area contributed by atoms with Gasteiger partial charge in [-0.05, 0) is 55.4 Å². The Kier molecular flexibility index (Phi) is 5.74. The Balaban J connectivity index is 1.43. The summed E-state index contributed by atoms with van der Waals surface area (Å²) in [5.74, 6) is 1.29. The summed E-state index contributed by atoms with van der Waals surface area (Å²) in [6.07, 6.45) is 3.05. The molecule has 1 saturated heterocycles. The maximum atomic E-state index is 13.5. The minimum Gasteiger partial charge on any atom is -0.336 e. The van der Waals surface area contributed by atoms with Crippen molar-refractivity contribution >= 4 is 28.5 Å². The maximum Gasteiger partial charge on any atom is 0.275 e. The smallest absolute Gasteiger partial charge is 0.275 e. The fourth-order valence-electron chi connectivity index (χ4n) is 4.61. The lowest BCUT2D eigenvalue weighted by Crippen LogP contribution is -2.40. The molecule has 6 nitrogen and oxygen atoms in total. The van der Waals surface area contributed by atoms with Crippen molar-refractivity contribution in [1.82, 2.24) is 24.0 Å². The van der Waals surface area contributed by atoms with Crippen LogP contribution in [0.3, 0.4) is 0 Å². The molecule has 3 heterocycles. The van der Waals surface area contributed by atoms with Crippen molar-refractivity contribution in [2.24, 2.45) is 0 Å². The Bertz CT molecular complexity index is 1240. The van der Waals surface area contributed by atoms with Crippen molar-refractivity contribution in [3.05, 3.63) is 65.6 Å². The van der Waals surface area contributed by atoms with E-state index in [0.717, 1.165) is 54.1 Å². The monoisotopic (exact) mass is 445 g/mol. The number of aryl methyl sites for hydroxylation is 2. The van der Waals surface area contributed by atoms with Gasteiger partial charge in [0.05, 0.1) is 15.9 Å². The summed E-state index contributed by atoms with van der Waals surface area (Å²) in [4.78, 5) is 21.3. The molecule has 0 bridgehead atoms. The molecule has 4 aromatic rings. The molecule has 1 aliphatic rings. The van der Waals surface area contributed by atoms with Gasteiger partial charge in [-0.2, -0.15) is 0 Å². The number of nitrogens with zero attached hydrogens (tertiary/aromatic N) is 5. The molecular formula is C25H27N5OS. The molecule has 164 valence electrons. The molecule has 1 aliphatic heterocycles. The molecule has 1 amide bonds. The number of imidazole rings is 1. The normalized spacial score (nSPS) is 16.6. The van der Waals surface area contributed by atoms with E-state index in [1.165, 1.54) is 22.6 Å². The van der Waals surface area contributed by atoms with Crippen molar-refractivity contribution in [2.75, 3.05) is 13.1 Å². The SMILES string of the molecule is CCCn1c(C2CCCN(C(=O)c3nnsc3-c3ccc(C)cc3)C2)nc2ccccc21. The molecule has 0 radical (unpaired) electrons. The molecule has 32 heavy (non-hydrogen) atoms. The van der Waals surface area contributed by atoms with Crippen LogP contribution in [0, 0.1) is 6.92 Å². The number of benzene rings is 2. The predicted octanol–water partition coefficient (Wildman–Crippen LogP) is 5.29. The third-order valence-electron chi connectivity index (χ3n) is 6.21. The van der Waals surface area contributed by atoms with Crippen LogP contribution in [0.5, 0.6) is 0 Å². The van der Waals surface area contributed by atoms with Crippen LogP contribution in [0.1, 0.15) is 54.0 Å². The number of fused-ring (bicyclic) bond motifs is 1. The van der Waals surface area contributed by atoms with E-state index in [-0.39, 0.29) is 11.8 Å². The summed E-state index contributed by atoms with van der Waals surface area (Å²) in [7, 11) is 0. The average molecular weight is 446 g/mol. The summed E-state index contributed by atoms with van der Waals surface area (Å²) < 4.78 is 6.45. The molecule has 1 fully saturated rings. The average Bonchev–Trinajstić information content (AvgIpc) is 3.45. The Morgan fingerprint density at radius 3 is 2.78 bits per heavy atom. The van der Waals surface area contributed by atoms with Crippen molar-refractivity contribution in [3.63, 3.8) is 0 Å². The van der Waals surface area contributed by atoms with Crippen LogP contribution in [0.2, 0.25) is 0 Å². The van der Waals surface area contributed by atoms with Gasteiger partial charge in [0.15, 0.2) is 5.69 Å². The summed E-state index contributed by atoms with van der Waals surface area (Å²) in [5, 5.41) is 4.23. The summed E-state index contributed by atoms with van der Waals surface area (Å²) >= 11 is 1.28. The number of carbonyl (C=O) groups excluding carboxylic acids is 1. The lowest BCUT2D eigenvalue weighted by Gasteiger charge is -2.32. The van der Waals surface area contributed by atoms with E-state index in [1.54, 1.807) is 0 Å². The Morgan fingerprint density at radius 1 is 1.16 bits per heavy atom. The summed E-state index contributed by atoms with van der Waals surface area (Å²) in [5.41, 5.74) is 4.85. The molecule has 5 rings (SSSR count). The number of hydrogen-bond acceptors (Lipinski definition) is 5. The molecule has 0 N–H and O–H groups in total. The summed E-state index contributed by atoms with van der Waals surface area (Å²) in [6.45, 7) is 6.59. The lowest BCUT2D eigenvalue weighted by molar-refractivity contribution is 0.0698. The van der Waals surface area contributed by atoms with Crippen molar-refractivity contribution in [3.8, 4) is 10.4 Å². The second kappa shape index (κ2) is 8.82. The van der Waals surface area contributed by atoms with E-state index in [1.807, 2.05) is 23.1 Å². The maximum absolute atomic E-state index is 13.5. The van der Waals surface area contributed by atoms with Gasteiger partial charge >= 0.3 is 0 Å². The van der Waals surface area contributed by atoms with Crippen molar-refractivity contribution < 1.29 is 4.79 Å². The van der Waals surface area contributed by atoms with Gasteiger partial charge in [0, 0.05) is 25.6 Å². The first-order chi connectivity index (χ1) is 15.7. The molecule has 2 aromatic carbocycles. The highest BCUT2D eigenvalue weighted by Gasteiger charge is 2.31. The Morgan fingerprint density at radius 2 is 1.97 bits per heavy atom. The molecule has 0 saturated carbocycles. The standard InChI is InChI=1S/C25H27N5OS/c1-3-14-30-21-9-5-4-8-20(21)26-24(30)19-7-6-15-29(16-19)25(31)22-23(32-28-27-22)18-12-10-17(2)11-13-18/h4-5,8-13,19H,3,6-7,14-16H2,1-2H3. The van der Waals surface area contributed by atoms with Crippen LogP contribution < -0.4 is 0 Å². The quantitative estimate of drug-likeness (QED) is 0.419. The fourth-order valence-corrected chi connectivity index (χ4v) is 5.27. The highest BCUT2D eigenvalue weighted by atomic mass is 32.1. The minimum atomic E-state index is -0.0304. The van der Waals surface area contributed by atoms with Crippen LogP contribution in [0.15, 0.2) is 48.5 Å². The third kappa shape index (κ3) is 3.81. The number of carbonyl (C=O) groups is 1. The number of likely N-dealkylation sites (tertiary alicyclic amines) is 1. The number of para-hydroxylation sites is 2. The van der Waals surface area contributed by atoms with Crippen LogP contribution in [0.25, 0.3) is 21.5 Å². The Labute approximate surface area is 192 Å². The summed E-state index contributed by atoms with van der Waals surface area (Å²) in [6, 6.07) is 16.5. The van der Waals surface area contributed by atoms with E-state index in [9.17, 15) is 4.79 Å².